The number of ether oxygens (including phenoxy) is 1. The van der Waals surface area contributed by atoms with Crippen molar-refractivity contribution < 1.29 is 17.9 Å². The van der Waals surface area contributed by atoms with Crippen molar-refractivity contribution in [3.8, 4) is 0 Å². The van der Waals surface area contributed by atoms with Crippen LogP contribution in [0.1, 0.15) is 19.8 Å². The van der Waals surface area contributed by atoms with Crippen molar-refractivity contribution in [2.75, 3.05) is 13.2 Å². The van der Waals surface area contributed by atoms with E-state index in [0.717, 1.165) is 0 Å². The number of rotatable bonds is 1. The highest BCUT2D eigenvalue weighted by Crippen LogP contribution is 2.36. The van der Waals surface area contributed by atoms with E-state index in [-0.39, 0.29) is 5.92 Å². The van der Waals surface area contributed by atoms with Crippen LogP contribution in [0.15, 0.2) is 0 Å². The lowest BCUT2D eigenvalue weighted by Crippen LogP contribution is -2.31. The molecule has 4 heteroatoms. The SMILES string of the molecule is CC(C1CCOCC1)C(F)(F)F. The van der Waals surface area contributed by atoms with Gasteiger partial charge in [0.15, 0.2) is 0 Å². The van der Waals surface area contributed by atoms with E-state index in [9.17, 15) is 13.2 Å². The zero-order chi connectivity index (χ0) is 9.19. The van der Waals surface area contributed by atoms with Crippen molar-refractivity contribution in [2.45, 2.75) is 25.9 Å². The van der Waals surface area contributed by atoms with Gasteiger partial charge in [0.1, 0.15) is 0 Å². The van der Waals surface area contributed by atoms with Crippen molar-refractivity contribution in [3.05, 3.63) is 0 Å². The predicted octanol–water partition coefficient (Wildman–Crippen LogP) is 2.61. The Morgan fingerprint density at radius 2 is 1.75 bits per heavy atom. The van der Waals surface area contributed by atoms with Crippen LogP contribution in [0.4, 0.5) is 13.2 Å². The average molecular weight is 182 g/mol. The Labute approximate surface area is 69.9 Å². The van der Waals surface area contributed by atoms with E-state index in [4.69, 9.17) is 4.74 Å². The highest BCUT2D eigenvalue weighted by atomic mass is 19.4. The van der Waals surface area contributed by atoms with Crippen molar-refractivity contribution >= 4 is 0 Å². The van der Waals surface area contributed by atoms with Crippen LogP contribution in [-0.2, 0) is 4.74 Å². The summed E-state index contributed by atoms with van der Waals surface area (Å²) >= 11 is 0. The fourth-order valence-electron chi connectivity index (χ4n) is 1.48. The lowest BCUT2D eigenvalue weighted by molar-refractivity contribution is -0.189. The van der Waals surface area contributed by atoms with Crippen LogP contribution in [0.2, 0.25) is 0 Å². The molecule has 0 spiro atoms. The molecule has 0 radical (unpaired) electrons. The lowest BCUT2D eigenvalue weighted by Gasteiger charge is -2.28. The molecule has 0 N–H and O–H groups in total. The van der Waals surface area contributed by atoms with E-state index in [1.807, 2.05) is 0 Å². The Bertz CT molecular complexity index is 138. The molecule has 0 aromatic heterocycles. The zero-order valence-electron chi connectivity index (χ0n) is 7.03. The van der Waals surface area contributed by atoms with Crippen LogP contribution < -0.4 is 0 Å². The van der Waals surface area contributed by atoms with Crippen LogP contribution in [0.5, 0.6) is 0 Å². The molecule has 1 unspecified atom stereocenters. The smallest absolute Gasteiger partial charge is 0.381 e. The highest BCUT2D eigenvalue weighted by Gasteiger charge is 2.41. The summed E-state index contributed by atoms with van der Waals surface area (Å²) < 4.78 is 41.6. The molecule has 0 aliphatic carbocycles. The van der Waals surface area contributed by atoms with Gasteiger partial charge in [-0.05, 0) is 18.8 Å². The summed E-state index contributed by atoms with van der Waals surface area (Å²) in [6.45, 7) is 2.21. The molecule has 1 rings (SSSR count). The predicted molar refractivity (Wildman–Crippen MR) is 38.8 cm³/mol. The summed E-state index contributed by atoms with van der Waals surface area (Å²) in [4.78, 5) is 0. The second-order valence-corrected chi connectivity index (χ2v) is 3.28. The van der Waals surface area contributed by atoms with E-state index in [1.165, 1.54) is 6.92 Å². The van der Waals surface area contributed by atoms with Crippen LogP contribution in [-0.4, -0.2) is 19.4 Å². The Hall–Kier alpha value is -0.250. The van der Waals surface area contributed by atoms with Gasteiger partial charge in [-0.1, -0.05) is 6.92 Å². The molecule has 1 fully saturated rings. The topological polar surface area (TPSA) is 9.23 Å². The van der Waals surface area contributed by atoms with E-state index in [0.29, 0.717) is 26.1 Å². The summed E-state index contributed by atoms with van der Waals surface area (Å²) in [5.74, 6) is -1.42. The Morgan fingerprint density at radius 1 is 1.25 bits per heavy atom. The Balaban J connectivity index is 2.45. The van der Waals surface area contributed by atoms with Gasteiger partial charge >= 0.3 is 6.18 Å². The maximum absolute atomic E-state index is 12.2. The third kappa shape index (κ3) is 2.37. The summed E-state index contributed by atoms with van der Waals surface area (Å²) in [6, 6.07) is 0. The third-order valence-corrected chi connectivity index (χ3v) is 2.49. The molecule has 72 valence electrons. The van der Waals surface area contributed by atoms with Gasteiger partial charge in [0.25, 0.3) is 0 Å². The number of alkyl halides is 3. The third-order valence-electron chi connectivity index (χ3n) is 2.49. The molecule has 1 atom stereocenters. The second kappa shape index (κ2) is 3.64. The van der Waals surface area contributed by atoms with Gasteiger partial charge in [0.05, 0.1) is 5.92 Å². The minimum absolute atomic E-state index is 0.237. The average Bonchev–Trinajstić information content (AvgIpc) is 2.03. The van der Waals surface area contributed by atoms with Crippen LogP contribution in [0.25, 0.3) is 0 Å². The largest absolute Gasteiger partial charge is 0.391 e. The van der Waals surface area contributed by atoms with Gasteiger partial charge in [-0.15, -0.1) is 0 Å². The van der Waals surface area contributed by atoms with Crippen LogP contribution in [0.3, 0.4) is 0 Å². The number of halogens is 3. The molecule has 1 saturated heterocycles. The summed E-state index contributed by atoms with van der Waals surface area (Å²) in [5.41, 5.74) is 0. The second-order valence-electron chi connectivity index (χ2n) is 3.28. The van der Waals surface area contributed by atoms with E-state index in [2.05, 4.69) is 0 Å². The van der Waals surface area contributed by atoms with Crippen molar-refractivity contribution in [2.24, 2.45) is 11.8 Å². The summed E-state index contributed by atoms with van der Waals surface area (Å²) in [7, 11) is 0. The fourth-order valence-corrected chi connectivity index (χ4v) is 1.48. The van der Waals surface area contributed by atoms with Crippen LogP contribution in [0, 0.1) is 11.8 Å². The van der Waals surface area contributed by atoms with Crippen LogP contribution >= 0.6 is 0 Å². The van der Waals surface area contributed by atoms with Gasteiger partial charge in [-0.2, -0.15) is 13.2 Å². The molecule has 0 amide bonds. The first-order valence-corrected chi connectivity index (χ1v) is 4.16. The number of hydrogen-bond acceptors (Lipinski definition) is 1. The molecule has 0 aromatic rings. The summed E-state index contributed by atoms with van der Waals surface area (Å²) in [6.07, 6.45) is -2.96. The van der Waals surface area contributed by atoms with Gasteiger partial charge < -0.3 is 4.74 Å². The van der Waals surface area contributed by atoms with Crippen molar-refractivity contribution in [3.63, 3.8) is 0 Å². The first-order valence-electron chi connectivity index (χ1n) is 4.16. The van der Waals surface area contributed by atoms with Gasteiger partial charge in [-0.25, -0.2) is 0 Å². The molecule has 1 nitrogen and oxygen atoms in total. The van der Waals surface area contributed by atoms with E-state index in [1.54, 1.807) is 0 Å². The molecular weight excluding hydrogens is 169 g/mol. The quantitative estimate of drug-likeness (QED) is 0.605. The standard InChI is InChI=1S/C8H13F3O/c1-6(8(9,10)11)7-2-4-12-5-3-7/h6-7H,2-5H2,1H3. The molecular formula is C8H13F3O. The molecule has 0 saturated carbocycles. The normalized spacial score (nSPS) is 24.0. The maximum atomic E-state index is 12.2. The van der Waals surface area contributed by atoms with Crippen molar-refractivity contribution in [1.29, 1.82) is 0 Å². The number of hydrogen-bond donors (Lipinski definition) is 0. The monoisotopic (exact) mass is 182 g/mol. The molecule has 1 heterocycles. The Morgan fingerprint density at radius 3 is 2.17 bits per heavy atom. The van der Waals surface area contributed by atoms with E-state index >= 15 is 0 Å². The summed E-state index contributed by atoms with van der Waals surface area (Å²) in [5, 5.41) is 0. The first kappa shape index (κ1) is 9.84. The van der Waals surface area contributed by atoms with Gasteiger partial charge in [0.2, 0.25) is 0 Å². The minimum atomic E-state index is -4.04. The maximum Gasteiger partial charge on any atom is 0.391 e. The molecule has 0 bridgehead atoms. The lowest BCUT2D eigenvalue weighted by atomic mass is 9.87. The highest BCUT2D eigenvalue weighted by molar-refractivity contribution is 4.74. The molecule has 0 aromatic carbocycles. The Kier molecular flexibility index (Phi) is 2.99. The molecule has 1 aliphatic rings. The zero-order valence-corrected chi connectivity index (χ0v) is 7.03. The minimum Gasteiger partial charge on any atom is -0.381 e. The van der Waals surface area contributed by atoms with Crippen molar-refractivity contribution in [1.82, 2.24) is 0 Å². The molecule has 12 heavy (non-hydrogen) atoms. The fraction of sp³-hybridized carbons (Fsp3) is 1.00. The first-order chi connectivity index (χ1) is 5.52. The van der Waals surface area contributed by atoms with E-state index < -0.39 is 12.1 Å². The van der Waals surface area contributed by atoms with Gasteiger partial charge in [-0.3, -0.25) is 0 Å². The molecule has 1 aliphatic heterocycles. The van der Waals surface area contributed by atoms with Gasteiger partial charge in [0, 0.05) is 13.2 Å².